The van der Waals surface area contributed by atoms with E-state index in [1.54, 1.807) is 4.90 Å². The molecule has 2 atom stereocenters. The minimum atomic E-state index is -0.993. The minimum Gasteiger partial charge on any atom is -0.479 e. The second-order valence-electron chi connectivity index (χ2n) is 5.40. The SMILES string of the molecule is CC1(C)CN(C(=O)[C@@H]2CC[C@H](C(=O)O)O2)CCO1. The number of morpholine rings is 1. The fourth-order valence-electron chi connectivity index (χ4n) is 2.41. The number of hydrogen-bond acceptors (Lipinski definition) is 4. The van der Waals surface area contributed by atoms with Crippen molar-refractivity contribution < 1.29 is 24.2 Å². The zero-order chi connectivity index (χ0) is 13.3. The van der Waals surface area contributed by atoms with E-state index < -0.39 is 18.2 Å². The Bertz CT molecular complexity index is 354. The van der Waals surface area contributed by atoms with E-state index in [1.807, 2.05) is 13.8 Å². The van der Waals surface area contributed by atoms with Crippen LogP contribution in [0, 0.1) is 0 Å². The van der Waals surface area contributed by atoms with E-state index in [1.165, 1.54) is 0 Å². The van der Waals surface area contributed by atoms with Crippen LogP contribution in [0.3, 0.4) is 0 Å². The van der Waals surface area contributed by atoms with Crippen molar-refractivity contribution in [3.05, 3.63) is 0 Å². The third kappa shape index (κ3) is 2.81. The van der Waals surface area contributed by atoms with Crippen molar-refractivity contribution in [2.75, 3.05) is 19.7 Å². The lowest BCUT2D eigenvalue weighted by Crippen LogP contribution is -2.53. The molecule has 1 amide bonds. The molecule has 0 bridgehead atoms. The van der Waals surface area contributed by atoms with Crippen molar-refractivity contribution in [1.82, 2.24) is 4.90 Å². The lowest BCUT2D eigenvalue weighted by molar-refractivity contribution is -0.161. The van der Waals surface area contributed by atoms with Gasteiger partial charge in [-0.3, -0.25) is 4.79 Å². The summed E-state index contributed by atoms with van der Waals surface area (Å²) in [6.45, 7) is 5.43. The predicted octanol–water partition coefficient (Wildman–Crippen LogP) is 0.256. The molecule has 0 radical (unpaired) electrons. The Morgan fingerprint density at radius 3 is 2.50 bits per heavy atom. The third-order valence-electron chi connectivity index (χ3n) is 3.31. The van der Waals surface area contributed by atoms with Gasteiger partial charge in [0.25, 0.3) is 5.91 Å². The highest BCUT2D eigenvalue weighted by Crippen LogP contribution is 2.24. The fraction of sp³-hybridized carbons (Fsp3) is 0.833. The normalized spacial score (nSPS) is 31.3. The Hall–Kier alpha value is -1.14. The first kappa shape index (κ1) is 13.3. The molecule has 2 aliphatic heterocycles. The summed E-state index contributed by atoms with van der Waals surface area (Å²) in [5, 5.41) is 8.84. The molecule has 2 rings (SSSR count). The number of aliphatic carboxylic acids is 1. The number of hydrogen-bond donors (Lipinski definition) is 1. The first-order chi connectivity index (χ1) is 8.39. The molecule has 0 aromatic carbocycles. The zero-order valence-corrected chi connectivity index (χ0v) is 10.7. The van der Waals surface area contributed by atoms with Crippen LogP contribution < -0.4 is 0 Å². The maximum absolute atomic E-state index is 12.2. The van der Waals surface area contributed by atoms with Gasteiger partial charge in [-0.05, 0) is 26.7 Å². The molecule has 2 fully saturated rings. The molecule has 6 heteroatoms. The Labute approximate surface area is 106 Å². The molecule has 1 N–H and O–H groups in total. The molecule has 2 saturated heterocycles. The van der Waals surface area contributed by atoms with Gasteiger partial charge in [0, 0.05) is 13.1 Å². The van der Waals surface area contributed by atoms with Crippen molar-refractivity contribution in [2.45, 2.75) is 44.5 Å². The summed E-state index contributed by atoms with van der Waals surface area (Å²) in [4.78, 5) is 24.7. The second kappa shape index (κ2) is 4.85. The highest BCUT2D eigenvalue weighted by Gasteiger charge is 2.39. The Morgan fingerprint density at radius 1 is 1.28 bits per heavy atom. The first-order valence-electron chi connectivity index (χ1n) is 6.20. The summed E-state index contributed by atoms with van der Waals surface area (Å²) in [7, 11) is 0. The highest BCUT2D eigenvalue weighted by atomic mass is 16.5. The molecule has 0 aromatic heterocycles. The van der Waals surface area contributed by atoms with Crippen LogP contribution >= 0.6 is 0 Å². The number of ether oxygens (including phenoxy) is 2. The number of amides is 1. The Morgan fingerprint density at radius 2 is 1.94 bits per heavy atom. The molecular formula is C12H19NO5. The van der Waals surface area contributed by atoms with E-state index >= 15 is 0 Å². The minimum absolute atomic E-state index is 0.116. The third-order valence-corrected chi connectivity index (χ3v) is 3.31. The van der Waals surface area contributed by atoms with Crippen molar-refractivity contribution in [3.63, 3.8) is 0 Å². The molecule has 18 heavy (non-hydrogen) atoms. The first-order valence-corrected chi connectivity index (χ1v) is 6.20. The maximum Gasteiger partial charge on any atom is 0.332 e. The molecule has 6 nitrogen and oxygen atoms in total. The number of carboxylic acids is 1. The largest absolute Gasteiger partial charge is 0.479 e. The average molecular weight is 257 g/mol. The summed E-state index contributed by atoms with van der Waals surface area (Å²) >= 11 is 0. The van der Waals surface area contributed by atoms with Crippen LogP contribution in [-0.2, 0) is 19.1 Å². The van der Waals surface area contributed by atoms with E-state index in [-0.39, 0.29) is 11.5 Å². The van der Waals surface area contributed by atoms with E-state index in [0.717, 1.165) is 0 Å². The van der Waals surface area contributed by atoms with Crippen LogP contribution in [0.4, 0.5) is 0 Å². The molecule has 2 aliphatic rings. The van der Waals surface area contributed by atoms with Crippen molar-refractivity contribution in [1.29, 1.82) is 0 Å². The molecular weight excluding hydrogens is 238 g/mol. The molecule has 0 saturated carbocycles. The molecule has 0 unspecified atom stereocenters. The van der Waals surface area contributed by atoms with Crippen molar-refractivity contribution in [3.8, 4) is 0 Å². The predicted molar refractivity (Wildman–Crippen MR) is 62.1 cm³/mol. The second-order valence-corrected chi connectivity index (χ2v) is 5.40. The Kier molecular flexibility index (Phi) is 3.59. The number of carbonyl (C=O) groups is 2. The molecule has 2 heterocycles. The van der Waals surface area contributed by atoms with Gasteiger partial charge >= 0.3 is 5.97 Å². The van der Waals surface area contributed by atoms with Gasteiger partial charge in [-0.1, -0.05) is 0 Å². The fourth-order valence-corrected chi connectivity index (χ4v) is 2.41. The van der Waals surface area contributed by atoms with Gasteiger partial charge in [0.2, 0.25) is 0 Å². The zero-order valence-electron chi connectivity index (χ0n) is 10.7. The van der Waals surface area contributed by atoms with E-state index in [2.05, 4.69) is 0 Å². The topological polar surface area (TPSA) is 76.1 Å². The highest BCUT2D eigenvalue weighted by molar-refractivity contribution is 5.82. The average Bonchev–Trinajstić information content (AvgIpc) is 2.76. The van der Waals surface area contributed by atoms with Gasteiger partial charge in [0.15, 0.2) is 6.10 Å². The van der Waals surface area contributed by atoms with Gasteiger partial charge in [0.1, 0.15) is 6.10 Å². The number of carboxylic acid groups (broad SMARTS) is 1. The van der Waals surface area contributed by atoms with Crippen LogP contribution in [0.25, 0.3) is 0 Å². The molecule has 102 valence electrons. The van der Waals surface area contributed by atoms with Gasteiger partial charge in [-0.25, -0.2) is 4.79 Å². The van der Waals surface area contributed by atoms with Crippen molar-refractivity contribution >= 4 is 11.9 Å². The number of nitrogens with zero attached hydrogens (tertiary/aromatic N) is 1. The van der Waals surface area contributed by atoms with Gasteiger partial charge < -0.3 is 19.5 Å². The van der Waals surface area contributed by atoms with E-state index in [9.17, 15) is 9.59 Å². The number of carbonyl (C=O) groups excluding carboxylic acids is 1. The van der Waals surface area contributed by atoms with E-state index in [4.69, 9.17) is 14.6 Å². The van der Waals surface area contributed by atoms with E-state index in [0.29, 0.717) is 32.5 Å². The summed E-state index contributed by atoms with van der Waals surface area (Å²) in [6.07, 6.45) is -0.569. The number of rotatable bonds is 2. The van der Waals surface area contributed by atoms with Crippen LogP contribution in [0.15, 0.2) is 0 Å². The molecule has 0 aliphatic carbocycles. The lowest BCUT2D eigenvalue weighted by Gasteiger charge is -2.39. The van der Waals surface area contributed by atoms with Crippen molar-refractivity contribution in [2.24, 2.45) is 0 Å². The summed E-state index contributed by atoms with van der Waals surface area (Å²) < 4.78 is 10.8. The molecule has 0 aromatic rings. The monoisotopic (exact) mass is 257 g/mol. The van der Waals surface area contributed by atoms with Gasteiger partial charge in [-0.15, -0.1) is 0 Å². The summed E-state index contributed by atoms with van der Waals surface area (Å²) in [5.41, 5.74) is -0.348. The molecule has 0 spiro atoms. The quantitative estimate of drug-likeness (QED) is 0.767. The van der Waals surface area contributed by atoms with Crippen LogP contribution in [0.5, 0.6) is 0 Å². The van der Waals surface area contributed by atoms with Crippen LogP contribution in [-0.4, -0.2) is 59.4 Å². The van der Waals surface area contributed by atoms with Crippen LogP contribution in [0.1, 0.15) is 26.7 Å². The summed E-state index contributed by atoms with van der Waals surface area (Å²) in [5.74, 6) is -1.11. The van der Waals surface area contributed by atoms with Gasteiger partial charge in [0.05, 0.1) is 12.2 Å². The Balaban J connectivity index is 1.94. The summed E-state index contributed by atoms with van der Waals surface area (Å²) in [6, 6.07) is 0. The smallest absolute Gasteiger partial charge is 0.332 e. The van der Waals surface area contributed by atoms with Crippen LogP contribution in [0.2, 0.25) is 0 Å². The standard InChI is InChI=1S/C12H19NO5/c1-12(2)7-13(5-6-17-12)10(14)8-3-4-9(18-8)11(15)16/h8-9H,3-7H2,1-2H3,(H,15,16)/t8-,9+/m0/s1. The lowest BCUT2D eigenvalue weighted by atomic mass is 10.1. The maximum atomic E-state index is 12.2. The van der Waals surface area contributed by atoms with Gasteiger partial charge in [-0.2, -0.15) is 0 Å².